The number of ether oxygens (including phenoxy) is 3. The average Bonchev–Trinajstić information content (AvgIpc) is 4.11. The Bertz CT molecular complexity index is 2430. The number of methoxy groups -OCH3 is 2. The Labute approximate surface area is 361 Å². The number of rotatable bonds is 11. The highest BCUT2D eigenvalue weighted by Crippen LogP contribution is 2.45. The molecule has 2 saturated heterocycles. The number of carbonyl (C=O) groups is 4. The Morgan fingerprint density at radius 2 is 1.63 bits per heavy atom. The molecule has 8 rings (SSSR count). The molecule has 3 aromatic carbocycles. The van der Waals surface area contributed by atoms with Crippen molar-refractivity contribution in [3.8, 4) is 28.1 Å². The van der Waals surface area contributed by atoms with E-state index in [9.17, 15) is 24.3 Å². The molecule has 0 aliphatic carbocycles. The lowest BCUT2D eigenvalue weighted by molar-refractivity contribution is -0.138. The first-order valence-corrected chi connectivity index (χ1v) is 21.8. The number of benzene rings is 3. The monoisotopic (exact) mass is 847 g/mol. The lowest BCUT2D eigenvalue weighted by Crippen LogP contribution is -2.58. The van der Waals surface area contributed by atoms with Gasteiger partial charge in [0, 0.05) is 29.8 Å². The molecular formula is C47H57N7O8. The minimum Gasteiger partial charge on any atom is -0.488 e. The Morgan fingerprint density at radius 3 is 2.34 bits per heavy atom. The fourth-order valence-electron chi connectivity index (χ4n) is 9.88. The first-order valence-electron chi connectivity index (χ1n) is 21.8. The van der Waals surface area contributed by atoms with E-state index in [4.69, 9.17) is 24.2 Å². The van der Waals surface area contributed by atoms with Crippen molar-refractivity contribution in [2.24, 2.45) is 10.9 Å². The number of aliphatic imine (C=N–C) groups is 1. The fraction of sp³-hybridized carbons (Fsp3) is 0.489. The maximum absolute atomic E-state index is 14.1. The van der Waals surface area contributed by atoms with Gasteiger partial charge in [-0.1, -0.05) is 45.9 Å². The van der Waals surface area contributed by atoms with Crippen molar-refractivity contribution in [2.75, 3.05) is 14.2 Å². The molecule has 0 bridgehead atoms. The van der Waals surface area contributed by atoms with E-state index >= 15 is 0 Å². The molecule has 15 nitrogen and oxygen atoms in total. The second kappa shape index (κ2) is 17.4. The van der Waals surface area contributed by atoms with E-state index in [1.807, 2.05) is 49.8 Å². The zero-order valence-electron chi connectivity index (χ0n) is 36.5. The van der Waals surface area contributed by atoms with E-state index in [1.54, 1.807) is 6.92 Å². The van der Waals surface area contributed by atoms with Crippen LogP contribution in [0.2, 0.25) is 0 Å². The number of aliphatic hydroxyl groups excluding tert-OH is 1. The number of aromatic nitrogens is 2. The molecule has 0 saturated carbocycles. The molecule has 0 radical (unpaired) electrons. The summed E-state index contributed by atoms with van der Waals surface area (Å²) < 4.78 is 16.1. The number of imidazole rings is 1. The van der Waals surface area contributed by atoms with Crippen molar-refractivity contribution < 1.29 is 38.5 Å². The maximum Gasteiger partial charge on any atom is 0.407 e. The van der Waals surface area contributed by atoms with E-state index in [0.29, 0.717) is 25.3 Å². The van der Waals surface area contributed by atoms with E-state index < -0.39 is 30.4 Å². The van der Waals surface area contributed by atoms with Gasteiger partial charge >= 0.3 is 12.2 Å². The van der Waals surface area contributed by atoms with Crippen LogP contribution in [0.25, 0.3) is 33.2 Å². The molecule has 15 heteroatoms. The predicted molar refractivity (Wildman–Crippen MR) is 234 cm³/mol. The molecule has 1 aromatic heterocycles. The van der Waals surface area contributed by atoms with Crippen molar-refractivity contribution >= 4 is 46.2 Å². The number of likely N-dealkylation sites (tertiary alicyclic amines) is 2. The first kappa shape index (κ1) is 42.7. The van der Waals surface area contributed by atoms with Gasteiger partial charge < -0.3 is 44.7 Å². The van der Waals surface area contributed by atoms with Crippen molar-refractivity contribution in [1.29, 1.82) is 0 Å². The molecule has 4 amide bonds. The van der Waals surface area contributed by atoms with Crippen LogP contribution in [0.4, 0.5) is 15.3 Å². The minimum absolute atomic E-state index is 0.0197. The SMILES string of the molecule is CC[C@H]1CC[C@@H](C2=Nc3ccc4cc5c(cc4c3C2)OCc2cc(-c3cnc([C@@H]4CC[C@H](C)N4C(=O)[C@@H](NC(=O)OC)C(C)C)[nH]3)ccc2-5)N1C(=O)[C@@H](NC(=O)OC)[C@H](O)CC. The van der Waals surface area contributed by atoms with Crippen LogP contribution in [0, 0.1) is 5.92 Å². The third kappa shape index (κ3) is 7.75. The largest absolute Gasteiger partial charge is 0.488 e. The summed E-state index contributed by atoms with van der Waals surface area (Å²) in [6.45, 7) is 10.0. The van der Waals surface area contributed by atoms with Gasteiger partial charge in [-0.15, -0.1) is 0 Å². The Kier molecular flexibility index (Phi) is 12.0. The van der Waals surface area contributed by atoms with Crippen molar-refractivity contribution in [1.82, 2.24) is 30.4 Å². The number of alkyl carbamates (subject to hydrolysis) is 2. The van der Waals surface area contributed by atoms with Crippen LogP contribution >= 0.6 is 0 Å². The second-order valence-corrected chi connectivity index (χ2v) is 17.3. The summed E-state index contributed by atoms with van der Waals surface area (Å²) in [4.78, 5) is 69.4. The normalized spacial score (nSPS) is 21.7. The van der Waals surface area contributed by atoms with Crippen LogP contribution in [-0.2, 0) is 32.1 Å². The third-order valence-corrected chi connectivity index (χ3v) is 13.3. The number of amides is 4. The molecule has 0 unspecified atom stereocenters. The van der Waals surface area contributed by atoms with Gasteiger partial charge in [-0.25, -0.2) is 14.6 Å². The molecule has 0 spiro atoms. The number of fused-ring (bicyclic) bond motifs is 6. The van der Waals surface area contributed by atoms with Crippen LogP contribution in [0.1, 0.15) is 96.1 Å². The van der Waals surface area contributed by atoms with Gasteiger partial charge in [-0.2, -0.15) is 0 Å². The van der Waals surface area contributed by atoms with Crippen LogP contribution in [0.15, 0.2) is 53.7 Å². The molecule has 4 N–H and O–H groups in total. The summed E-state index contributed by atoms with van der Waals surface area (Å²) in [6.07, 6.45) is 4.07. The second-order valence-electron chi connectivity index (χ2n) is 17.3. The van der Waals surface area contributed by atoms with E-state index in [1.165, 1.54) is 14.2 Å². The molecule has 328 valence electrons. The zero-order chi connectivity index (χ0) is 44.0. The van der Waals surface area contributed by atoms with Gasteiger partial charge in [0.05, 0.1) is 50.0 Å². The summed E-state index contributed by atoms with van der Waals surface area (Å²) in [6, 6.07) is 12.3. The number of carbonyl (C=O) groups excluding carboxylic acids is 4. The molecule has 62 heavy (non-hydrogen) atoms. The predicted octanol–water partition coefficient (Wildman–Crippen LogP) is 7.12. The highest BCUT2D eigenvalue weighted by atomic mass is 16.5. The smallest absolute Gasteiger partial charge is 0.407 e. The number of aliphatic hydroxyl groups is 1. The van der Waals surface area contributed by atoms with Crippen LogP contribution in [0.3, 0.4) is 0 Å². The van der Waals surface area contributed by atoms with Crippen molar-refractivity contribution in [3.05, 3.63) is 65.6 Å². The van der Waals surface area contributed by atoms with E-state index in [-0.39, 0.29) is 41.9 Å². The van der Waals surface area contributed by atoms with E-state index in [0.717, 1.165) is 93.5 Å². The maximum atomic E-state index is 14.1. The summed E-state index contributed by atoms with van der Waals surface area (Å²) in [5.74, 6) is 0.884. The molecule has 5 heterocycles. The number of nitrogens with zero attached hydrogens (tertiary/aromatic N) is 4. The van der Waals surface area contributed by atoms with Gasteiger partial charge in [-0.05, 0) is 109 Å². The summed E-state index contributed by atoms with van der Waals surface area (Å²) >= 11 is 0. The molecule has 4 aliphatic rings. The number of H-pyrrole nitrogens is 1. The van der Waals surface area contributed by atoms with Crippen LogP contribution in [0.5, 0.6) is 5.75 Å². The summed E-state index contributed by atoms with van der Waals surface area (Å²) in [7, 11) is 2.53. The fourth-order valence-corrected chi connectivity index (χ4v) is 9.88. The van der Waals surface area contributed by atoms with Crippen LogP contribution in [-0.4, -0.2) is 105 Å². The molecule has 4 aliphatic heterocycles. The number of aromatic amines is 1. The molecule has 7 atom stereocenters. The van der Waals surface area contributed by atoms with Gasteiger partial charge in [-0.3, -0.25) is 14.6 Å². The summed E-state index contributed by atoms with van der Waals surface area (Å²) in [5.41, 5.74) is 7.77. The lowest BCUT2D eigenvalue weighted by Gasteiger charge is -2.34. The number of hydrogen-bond donors (Lipinski definition) is 4. The van der Waals surface area contributed by atoms with Gasteiger partial charge in [0.2, 0.25) is 11.8 Å². The first-order chi connectivity index (χ1) is 29.8. The quantitative estimate of drug-likeness (QED) is 0.122. The molecule has 2 fully saturated rings. The van der Waals surface area contributed by atoms with Crippen molar-refractivity contribution in [2.45, 2.75) is 129 Å². The Hall–Kier alpha value is -5.96. The highest BCUT2D eigenvalue weighted by Gasteiger charge is 2.45. The highest BCUT2D eigenvalue weighted by molar-refractivity contribution is 6.07. The third-order valence-electron chi connectivity index (χ3n) is 13.3. The molecular weight excluding hydrogens is 791 g/mol. The standard InChI is InChI=1S/C47H57N7O8/c1-8-29-13-17-37(54(29)45(57)42(39(55)9-2)52-47(59)61-7)35-20-32-31-21-40-33(19-26(31)12-15-34(32)49-35)30-14-11-27(18-28(30)23-62-40)36-22-48-43(50-36)38-16-10-25(5)53(38)44(56)41(24(3)4)51-46(58)60-6/h11-12,14-15,18-19,21-22,24-25,29,37-39,41-42,55H,8-10,13,16-17,20,23H2,1-7H3,(H,48,50)(H,51,58)(H,52,59)/t25-,29-,37-,38-,39+,41-,42-/m0/s1. The Balaban J connectivity index is 1.02. The molecule has 4 aromatic rings. The topological polar surface area (TPSA) is 188 Å². The van der Waals surface area contributed by atoms with Gasteiger partial charge in [0.1, 0.15) is 30.3 Å². The van der Waals surface area contributed by atoms with Crippen LogP contribution < -0.4 is 15.4 Å². The summed E-state index contributed by atoms with van der Waals surface area (Å²) in [5, 5.41) is 18.2. The van der Waals surface area contributed by atoms with Gasteiger partial charge in [0.15, 0.2) is 0 Å². The average molecular weight is 848 g/mol. The number of nitrogens with one attached hydrogen (secondary N) is 3. The zero-order valence-corrected chi connectivity index (χ0v) is 36.5. The minimum atomic E-state index is -1.13. The van der Waals surface area contributed by atoms with E-state index in [2.05, 4.69) is 52.0 Å². The number of hydrogen-bond acceptors (Lipinski definition) is 10. The lowest BCUT2D eigenvalue weighted by atomic mass is 9.90. The van der Waals surface area contributed by atoms with Crippen molar-refractivity contribution in [3.63, 3.8) is 0 Å². The Morgan fingerprint density at radius 1 is 0.903 bits per heavy atom. The van der Waals surface area contributed by atoms with Gasteiger partial charge in [0.25, 0.3) is 0 Å².